The van der Waals surface area contributed by atoms with Crippen LogP contribution in [0.5, 0.6) is 0 Å². The first-order chi connectivity index (χ1) is 9.55. The third kappa shape index (κ3) is 3.49. The van der Waals surface area contributed by atoms with Crippen molar-refractivity contribution < 1.29 is 4.79 Å². The fourth-order valence-electron chi connectivity index (χ4n) is 2.53. The zero-order chi connectivity index (χ0) is 14.6. The van der Waals surface area contributed by atoms with E-state index in [1.807, 2.05) is 12.1 Å². The number of amides is 1. The van der Waals surface area contributed by atoms with Crippen molar-refractivity contribution in [3.8, 4) is 0 Å². The summed E-state index contributed by atoms with van der Waals surface area (Å²) in [7, 11) is 1.70. The molecule has 1 fully saturated rings. The largest absolute Gasteiger partial charge is 0.364 e. The van der Waals surface area contributed by atoms with E-state index in [1.165, 1.54) is 12.0 Å². The van der Waals surface area contributed by atoms with Crippen molar-refractivity contribution in [2.45, 2.75) is 31.1 Å². The molecule has 1 aromatic rings. The molecule has 1 aromatic carbocycles. The lowest BCUT2D eigenvalue weighted by Gasteiger charge is -2.42. The van der Waals surface area contributed by atoms with Crippen molar-refractivity contribution in [2.75, 3.05) is 7.05 Å². The van der Waals surface area contributed by atoms with Gasteiger partial charge in [0.2, 0.25) is 5.91 Å². The van der Waals surface area contributed by atoms with Gasteiger partial charge in [0.05, 0.1) is 0 Å². The second-order valence-electron chi connectivity index (χ2n) is 5.07. The van der Waals surface area contributed by atoms with Crippen LogP contribution in [-0.4, -0.2) is 18.1 Å². The van der Waals surface area contributed by atoms with E-state index in [0.717, 1.165) is 17.3 Å². The molecule has 0 bridgehead atoms. The van der Waals surface area contributed by atoms with Gasteiger partial charge in [-0.15, -0.1) is 0 Å². The number of thiocarbonyl (C=S) groups is 1. The van der Waals surface area contributed by atoms with Crippen LogP contribution < -0.4 is 16.2 Å². The molecular formula is C14H18BrN3OS. The number of carbonyl (C=O) groups is 1. The lowest BCUT2D eigenvalue weighted by atomic mass is 9.62. The van der Waals surface area contributed by atoms with Gasteiger partial charge in [0.25, 0.3) is 0 Å². The topological polar surface area (TPSA) is 53.2 Å². The molecule has 1 amide bonds. The molecule has 0 atom stereocenters. The summed E-state index contributed by atoms with van der Waals surface area (Å²) in [6, 6.07) is 8.23. The third-order valence-electron chi connectivity index (χ3n) is 3.79. The Morgan fingerprint density at radius 1 is 1.40 bits per heavy atom. The molecule has 20 heavy (non-hydrogen) atoms. The van der Waals surface area contributed by atoms with E-state index in [2.05, 4.69) is 44.2 Å². The molecule has 0 radical (unpaired) electrons. The van der Waals surface area contributed by atoms with Crippen LogP contribution in [0.3, 0.4) is 0 Å². The first kappa shape index (κ1) is 15.3. The minimum Gasteiger partial charge on any atom is -0.364 e. The highest BCUT2D eigenvalue weighted by Crippen LogP contribution is 2.46. The van der Waals surface area contributed by atoms with Gasteiger partial charge in [0.1, 0.15) is 0 Å². The SMILES string of the molecule is CNC(=S)NNC(=O)CC1(c2cccc(Br)c2)CCC1. The molecular weight excluding hydrogens is 338 g/mol. The normalized spacial score (nSPS) is 15.9. The van der Waals surface area contributed by atoms with Gasteiger partial charge in [-0.2, -0.15) is 0 Å². The van der Waals surface area contributed by atoms with Crippen LogP contribution in [0.4, 0.5) is 0 Å². The van der Waals surface area contributed by atoms with E-state index in [9.17, 15) is 4.79 Å². The van der Waals surface area contributed by atoms with E-state index >= 15 is 0 Å². The Morgan fingerprint density at radius 2 is 2.15 bits per heavy atom. The number of halogens is 1. The molecule has 0 spiro atoms. The molecule has 0 heterocycles. The van der Waals surface area contributed by atoms with Crippen LogP contribution in [0, 0.1) is 0 Å². The van der Waals surface area contributed by atoms with Crippen LogP contribution in [0.2, 0.25) is 0 Å². The molecule has 1 aliphatic carbocycles. The van der Waals surface area contributed by atoms with Crippen molar-refractivity contribution >= 4 is 39.2 Å². The standard InChI is InChI=1S/C14H18BrN3OS/c1-16-13(20)18-17-12(19)9-14(6-3-7-14)10-4-2-5-11(15)8-10/h2,4-5,8H,3,6-7,9H2,1H3,(H,17,19)(H2,16,18,20). The number of hydrogen-bond acceptors (Lipinski definition) is 2. The smallest absolute Gasteiger partial charge is 0.239 e. The Hall–Kier alpha value is -1.14. The Bertz CT molecular complexity index is 517. The number of rotatable bonds is 3. The summed E-state index contributed by atoms with van der Waals surface area (Å²) in [6.07, 6.45) is 3.74. The van der Waals surface area contributed by atoms with E-state index in [-0.39, 0.29) is 11.3 Å². The molecule has 2 rings (SSSR count). The molecule has 0 unspecified atom stereocenters. The molecule has 0 saturated heterocycles. The second-order valence-corrected chi connectivity index (χ2v) is 6.40. The molecule has 1 saturated carbocycles. The highest BCUT2D eigenvalue weighted by atomic mass is 79.9. The Balaban J connectivity index is 2.01. The second kappa shape index (κ2) is 6.54. The van der Waals surface area contributed by atoms with Gasteiger partial charge in [0, 0.05) is 23.4 Å². The molecule has 0 aliphatic heterocycles. The van der Waals surface area contributed by atoms with Crippen molar-refractivity contribution in [2.24, 2.45) is 0 Å². The van der Waals surface area contributed by atoms with Crippen LogP contribution in [0.25, 0.3) is 0 Å². The Kier molecular flexibility index (Phi) is 4.99. The zero-order valence-electron chi connectivity index (χ0n) is 11.3. The average Bonchev–Trinajstić information content (AvgIpc) is 2.40. The predicted octanol–water partition coefficient (Wildman–Crippen LogP) is 2.39. The maximum atomic E-state index is 12.1. The van der Waals surface area contributed by atoms with E-state index in [0.29, 0.717) is 11.5 Å². The first-order valence-electron chi connectivity index (χ1n) is 6.58. The fourth-order valence-corrected chi connectivity index (χ4v) is 2.98. The van der Waals surface area contributed by atoms with Crippen molar-refractivity contribution in [3.05, 3.63) is 34.3 Å². The quantitative estimate of drug-likeness (QED) is 0.575. The summed E-state index contributed by atoms with van der Waals surface area (Å²) >= 11 is 8.42. The van der Waals surface area contributed by atoms with Crippen LogP contribution in [0.15, 0.2) is 28.7 Å². The highest BCUT2D eigenvalue weighted by Gasteiger charge is 2.40. The van der Waals surface area contributed by atoms with Crippen LogP contribution >= 0.6 is 28.1 Å². The van der Waals surface area contributed by atoms with Gasteiger partial charge in [-0.3, -0.25) is 15.6 Å². The number of hydrogen-bond donors (Lipinski definition) is 3. The van der Waals surface area contributed by atoms with Gasteiger partial charge in [-0.1, -0.05) is 34.5 Å². The summed E-state index contributed by atoms with van der Waals surface area (Å²) in [6.45, 7) is 0. The van der Waals surface area contributed by atoms with Crippen LogP contribution in [0.1, 0.15) is 31.2 Å². The maximum absolute atomic E-state index is 12.1. The van der Waals surface area contributed by atoms with Crippen molar-refractivity contribution in [3.63, 3.8) is 0 Å². The Labute approximate surface area is 132 Å². The highest BCUT2D eigenvalue weighted by molar-refractivity contribution is 9.10. The molecule has 1 aliphatic rings. The van der Waals surface area contributed by atoms with Gasteiger partial charge < -0.3 is 5.32 Å². The average molecular weight is 356 g/mol. The zero-order valence-corrected chi connectivity index (χ0v) is 13.7. The van der Waals surface area contributed by atoms with E-state index in [4.69, 9.17) is 12.2 Å². The lowest BCUT2D eigenvalue weighted by Crippen LogP contribution is -2.48. The van der Waals surface area contributed by atoms with Crippen molar-refractivity contribution in [1.29, 1.82) is 0 Å². The Morgan fingerprint density at radius 3 is 2.70 bits per heavy atom. The molecule has 0 aromatic heterocycles. The van der Waals surface area contributed by atoms with Crippen molar-refractivity contribution in [1.82, 2.24) is 16.2 Å². The number of carbonyl (C=O) groups excluding carboxylic acids is 1. The number of nitrogens with one attached hydrogen (secondary N) is 3. The van der Waals surface area contributed by atoms with Gasteiger partial charge >= 0.3 is 0 Å². The summed E-state index contributed by atoms with van der Waals surface area (Å²) in [4.78, 5) is 12.1. The molecule has 3 N–H and O–H groups in total. The van der Waals surface area contributed by atoms with Gasteiger partial charge in [0.15, 0.2) is 5.11 Å². The predicted molar refractivity (Wildman–Crippen MR) is 87.2 cm³/mol. The van der Waals surface area contributed by atoms with E-state index < -0.39 is 0 Å². The summed E-state index contributed by atoms with van der Waals surface area (Å²) in [5.74, 6) is -0.0396. The monoisotopic (exact) mass is 355 g/mol. The van der Waals surface area contributed by atoms with Crippen LogP contribution in [-0.2, 0) is 10.2 Å². The third-order valence-corrected chi connectivity index (χ3v) is 4.59. The van der Waals surface area contributed by atoms with E-state index in [1.54, 1.807) is 7.05 Å². The first-order valence-corrected chi connectivity index (χ1v) is 7.78. The minimum atomic E-state index is -0.0396. The maximum Gasteiger partial charge on any atom is 0.239 e. The summed E-state index contributed by atoms with van der Waals surface area (Å²) in [5.41, 5.74) is 6.51. The number of hydrazine groups is 1. The fraction of sp³-hybridized carbons (Fsp3) is 0.429. The lowest BCUT2D eigenvalue weighted by molar-refractivity contribution is -0.123. The van der Waals surface area contributed by atoms with Gasteiger partial charge in [-0.25, -0.2) is 0 Å². The molecule has 6 heteroatoms. The minimum absolute atomic E-state index is 0.0309. The molecule has 4 nitrogen and oxygen atoms in total. The summed E-state index contributed by atoms with van der Waals surface area (Å²) in [5, 5.41) is 3.16. The molecule has 108 valence electrons. The number of benzene rings is 1. The summed E-state index contributed by atoms with van der Waals surface area (Å²) < 4.78 is 1.05. The van der Waals surface area contributed by atoms with Gasteiger partial charge in [-0.05, 0) is 42.8 Å².